The molecule has 0 spiro atoms. The van der Waals surface area contributed by atoms with Crippen molar-refractivity contribution in [3.63, 3.8) is 0 Å². The van der Waals surface area contributed by atoms with Crippen molar-refractivity contribution in [2.75, 3.05) is 5.32 Å². The predicted molar refractivity (Wildman–Crippen MR) is 55.6 cm³/mol. The number of halogens is 2. The van der Waals surface area contributed by atoms with Gasteiger partial charge in [0.15, 0.2) is 0 Å². The van der Waals surface area contributed by atoms with Crippen molar-refractivity contribution in [3.8, 4) is 0 Å². The predicted octanol–water partition coefficient (Wildman–Crippen LogP) is 2.51. The highest BCUT2D eigenvalue weighted by atomic mass is 19.1. The summed E-state index contributed by atoms with van der Waals surface area (Å²) in [7, 11) is 0. The Bertz CT molecular complexity index is 566. The Labute approximate surface area is 95.2 Å². The van der Waals surface area contributed by atoms with E-state index in [-0.39, 0.29) is 11.4 Å². The normalized spacial score (nSPS) is 10.3. The van der Waals surface area contributed by atoms with Crippen LogP contribution in [0.2, 0.25) is 0 Å². The molecule has 0 atom stereocenters. The molecule has 88 valence electrons. The first kappa shape index (κ1) is 11.3. The van der Waals surface area contributed by atoms with Gasteiger partial charge in [0, 0.05) is 12.1 Å². The van der Waals surface area contributed by atoms with Crippen LogP contribution in [0.5, 0.6) is 0 Å². The third kappa shape index (κ3) is 2.47. The molecule has 17 heavy (non-hydrogen) atoms. The molecule has 6 heteroatoms. The van der Waals surface area contributed by atoms with E-state index in [1.54, 1.807) is 6.92 Å². The number of anilines is 1. The minimum atomic E-state index is -0.932. The van der Waals surface area contributed by atoms with E-state index in [2.05, 4.69) is 10.5 Å². The summed E-state index contributed by atoms with van der Waals surface area (Å²) in [5.74, 6) is -2.29. The summed E-state index contributed by atoms with van der Waals surface area (Å²) in [5.41, 5.74) is 0.320. The van der Waals surface area contributed by atoms with Gasteiger partial charge in [0.2, 0.25) is 5.88 Å². The van der Waals surface area contributed by atoms with E-state index in [1.165, 1.54) is 6.07 Å². The Balaban J connectivity index is 2.20. The molecular formula is C11H8F2N2O2. The molecule has 1 aromatic heterocycles. The number of hydrogen-bond donors (Lipinski definition) is 1. The van der Waals surface area contributed by atoms with Gasteiger partial charge in [0.25, 0.3) is 5.91 Å². The van der Waals surface area contributed by atoms with Crippen LogP contribution < -0.4 is 5.32 Å². The summed E-state index contributed by atoms with van der Waals surface area (Å²) in [5, 5.41) is 5.87. The fraction of sp³-hybridized carbons (Fsp3) is 0.0909. The zero-order valence-corrected chi connectivity index (χ0v) is 8.83. The summed E-state index contributed by atoms with van der Waals surface area (Å²) in [6, 6.07) is 4.19. The average Bonchev–Trinajstić information content (AvgIpc) is 2.63. The number of carbonyl (C=O) groups excluding carboxylic acids is 1. The van der Waals surface area contributed by atoms with Crippen LogP contribution in [0.1, 0.15) is 16.1 Å². The van der Waals surface area contributed by atoms with Crippen LogP contribution >= 0.6 is 0 Å². The van der Waals surface area contributed by atoms with Crippen molar-refractivity contribution in [3.05, 3.63) is 47.2 Å². The van der Waals surface area contributed by atoms with Crippen molar-refractivity contribution in [1.82, 2.24) is 5.16 Å². The molecule has 0 unspecified atom stereocenters. The van der Waals surface area contributed by atoms with Gasteiger partial charge in [-0.2, -0.15) is 0 Å². The van der Waals surface area contributed by atoms with Crippen LogP contribution in [0.25, 0.3) is 0 Å². The molecule has 0 aliphatic heterocycles. The number of aromatic nitrogens is 1. The second kappa shape index (κ2) is 4.32. The topological polar surface area (TPSA) is 55.1 Å². The first-order chi connectivity index (χ1) is 8.06. The second-order valence-corrected chi connectivity index (χ2v) is 3.41. The summed E-state index contributed by atoms with van der Waals surface area (Å²) in [6.07, 6.45) is 0. The van der Waals surface area contributed by atoms with Crippen LogP contribution in [0.3, 0.4) is 0 Å². The molecule has 1 amide bonds. The van der Waals surface area contributed by atoms with Gasteiger partial charge in [-0.1, -0.05) is 5.16 Å². The van der Waals surface area contributed by atoms with E-state index in [0.717, 1.165) is 12.1 Å². The molecule has 0 saturated heterocycles. The number of aryl methyl sites for hydroxylation is 1. The van der Waals surface area contributed by atoms with Crippen LogP contribution in [0.15, 0.2) is 28.8 Å². The van der Waals surface area contributed by atoms with E-state index < -0.39 is 17.5 Å². The van der Waals surface area contributed by atoms with E-state index in [9.17, 15) is 13.6 Å². The lowest BCUT2D eigenvalue weighted by atomic mass is 10.2. The standard InChI is InChI=1S/C11H8F2N2O2/c1-6-4-10(17-15-6)14-11(16)8-3-2-7(12)5-9(8)13/h2-5H,1H3,(H,14,16). The minimum Gasteiger partial charge on any atom is -0.338 e. The van der Waals surface area contributed by atoms with Crippen molar-refractivity contribution >= 4 is 11.8 Å². The maximum atomic E-state index is 13.3. The lowest BCUT2D eigenvalue weighted by Crippen LogP contribution is -2.13. The summed E-state index contributed by atoms with van der Waals surface area (Å²) >= 11 is 0. The average molecular weight is 238 g/mol. The molecule has 2 rings (SSSR count). The van der Waals surface area contributed by atoms with Gasteiger partial charge >= 0.3 is 0 Å². The van der Waals surface area contributed by atoms with E-state index in [4.69, 9.17) is 4.52 Å². The molecule has 1 aromatic carbocycles. The number of nitrogens with one attached hydrogen (secondary N) is 1. The van der Waals surface area contributed by atoms with Crippen LogP contribution in [0.4, 0.5) is 14.7 Å². The Morgan fingerprint density at radius 2 is 2.12 bits per heavy atom. The molecule has 0 saturated carbocycles. The fourth-order valence-corrected chi connectivity index (χ4v) is 1.28. The van der Waals surface area contributed by atoms with Gasteiger partial charge in [-0.05, 0) is 19.1 Å². The Kier molecular flexibility index (Phi) is 2.86. The maximum Gasteiger partial charge on any atom is 0.261 e. The molecule has 0 aliphatic rings. The van der Waals surface area contributed by atoms with Crippen molar-refractivity contribution in [2.24, 2.45) is 0 Å². The van der Waals surface area contributed by atoms with Gasteiger partial charge in [-0.25, -0.2) is 8.78 Å². The van der Waals surface area contributed by atoms with Gasteiger partial charge in [0.05, 0.1) is 11.3 Å². The summed E-state index contributed by atoms with van der Waals surface area (Å²) in [6.45, 7) is 1.68. The quantitative estimate of drug-likeness (QED) is 0.874. The fourth-order valence-electron chi connectivity index (χ4n) is 1.28. The molecule has 0 radical (unpaired) electrons. The number of carbonyl (C=O) groups is 1. The number of benzene rings is 1. The summed E-state index contributed by atoms with van der Waals surface area (Å²) in [4.78, 5) is 11.6. The molecule has 1 heterocycles. The number of amides is 1. The highest BCUT2D eigenvalue weighted by Crippen LogP contribution is 2.13. The van der Waals surface area contributed by atoms with Crippen molar-refractivity contribution in [2.45, 2.75) is 6.92 Å². The second-order valence-electron chi connectivity index (χ2n) is 3.41. The van der Waals surface area contributed by atoms with Crippen molar-refractivity contribution in [1.29, 1.82) is 0 Å². The SMILES string of the molecule is Cc1cc(NC(=O)c2ccc(F)cc2F)on1. The largest absolute Gasteiger partial charge is 0.338 e. The third-order valence-corrected chi connectivity index (χ3v) is 2.04. The Hall–Kier alpha value is -2.24. The monoisotopic (exact) mass is 238 g/mol. The van der Waals surface area contributed by atoms with Crippen LogP contribution in [-0.2, 0) is 0 Å². The number of rotatable bonds is 2. The zero-order valence-electron chi connectivity index (χ0n) is 8.83. The zero-order chi connectivity index (χ0) is 12.4. The Morgan fingerprint density at radius 3 is 2.71 bits per heavy atom. The van der Waals surface area contributed by atoms with E-state index in [1.807, 2.05) is 0 Å². The number of hydrogen-bond acceptors (Lipinski definition) is 3. The minimum absolute atomic E-state index is 0.108. The highest BCUT2D eigenvalue weighted by molar-refractivity contribution is 6.03. The lowest BCUT2D eigenvalue weighted by molar-refractivity contribution is 0.102. The molecule has 0 fully saturated rings. The smallest absolute Gasteiger partial charge is 0.261 e. The van der Waals surface area contributed by atoms with Crippen LogP contribution in [-0.4, -0.2) is 11.1 Å². The van der Waals surface area contributed by atoms with E-state index >= 15 is 0 Å². The molecular weight excluding hydrogens is 230 g/mol. The van der Waals surface area contributed by atoms with Gasteiger partial charge < -0.3 is 4.52 Å². The number of nitrogens with zero attached hydrogens (tertiary/aromatic N) is 1. The molecule has 4 nitrogen and oxygen atoms in total. The molecule has 0 bridgehead atoms. The van der Waals surface area contributed by atoms with Crippen molar-refractivity contribution < 1.29 is 18.1 Å². The first-order valence-corrected chi connectivity index (χ1v) is 4.76. The third-order valence-electron chi connectivity index (χ3n) is 2.04. The molecule has 2 aromatic rings. The van der Waals surface area contributed by atoms with Crippen LogP contribution in [0, 0.1) is 18.6 Å². The van der Waals surface area contributed by atoms with Gasteiger partial charge in [-0.15, -0.1) is 0 Å². The van der Waals surface area contributed by atoms with Gasteiger partial charge in [0.1, 0.15) is 11.6 Å². The molecule has 1 N–H and O–H groups in total. The lowest BCUT2D eigenvalue weighted by Gasteiger charge is -2.02. The van der Waals surface area contributed by atoms with E-state index in [0.29, 0.717) is 11.8 Å². The molecule has 0 aliphatic carbocycles. The summed E-state index contributed by atoms with van der Waals surface area (Å²) < 4.78 is 30.6. The first-order valence-electron chi connectivity index (χ1n) is 4.76. The highest BCUT2D eigenvalue weighted by Gasteiger charge is 2.14. The maximum absolute atomic E-state index is 13.3. The Morgan fingerprint density at radius 1 is 1.35 bits per heavy atom. The van der Waals surface area contributed by atoms with Gasteiger partial charge in [-0.3, -0.25) is 10.1 Å².